The van der Waals surface area contributed by atoms with Crippen LogP contribution in [0, 0.1) is 0 Å². The number of aliphatic imine (C=N–C) groups is 1. The standard InChI is InChI=1S/C25H36N4O3.HI/c1-3-26-25(27-13-12-21-8-10-23(30-2)11-9-21)28-20-22-6-4-5-7-24(22)32-19-16-29-14-17-31-18-15-29;/h4-11H,3,12-20H2,1-2H3,(H2,26,27,28);1H. The zero-order chi connectivity index (χ0) is 22.4. The number of nitrogens with zero attached hydrogens (tertiary/aromatic N) is 2. The maximum absolute atomic E-state index is 6.09. The maximum atomic E-state index is 6.09. The lowest BCUT2D eigenvalue weighted by molar-refractivity contribution is 0.0322. The Hall–Kier alpha value is -2.04. The van der Waals surface area contributed by atoms with E-state index in [0.29, 0.717) is 13.2 Å². The Morgan fingerprint density at radius 3 is 2.55 bits per heavy atom. The fraction of sp³-hybridized carbons (Fsp3) is 0.480. The average Bonchev–Trinajstić information content (AvgIpc) is 2.84. The summed E-state index contributed by atoms with van der Waals surface area (Å²) in [6.07, 6.45) is 0.912. The number of morpholine rings is 1. The van der Waals surface area contributed by atoms with Crippen molar-refractivity contribution >= 4 is 29.9 Å². The summed E-state index contributed by atoms with van der Waals surface area (Å²) in [5, 5.41) is 6.74. The first-order chi connectivity index (χ1) is 15.8. The van der Waals surface area contributed by atoms with E-state index in [1.54, 1.807) is 7.11 Å². The van der Waals surface area contributed by atoms with Crippen LogP contribution >= 0.6 is 24.0 Å². The van der Waals surface area contributed by atoms with Crippen LogP contribution in [0.3, 0.4) is 0 Å². The Bertz CT molecular complexity index is 827. The molecule has 0 bridgehead atoms. The second-order valence-electron chi connectivity index (χ2n) is 7.63. The van der Waals surface area contributed by atoms with Crippen molar-refractivity contribution in [3.8, 4) is 11.5 Å². The van der Waals surface area contributed by atoms with Crippen molar-refractivity contribution in [3.05, 3.63) is 59.7 Å². The highest BCUT2D eigenvalue weighted by Crippen LogP contribution is 2.19. The molecule has 8 heteroatoms. The van der Waals surface area contributed by atoms with Gasteiger partial charge in [-0.15, -0.1) is 24.0 Å². The molecule has 0 aliphatic carbocycles. The summed E-state index contributed by atoms with van der Waals surface area (Å²) in [6, 6.07) is 16.3. The van der Waals surface area contributed by atoms with Gasteiger partial charge in [-0.25, -0.2) is 4.99 Å². The zero-order valence-electron chi connectivity index (χ0n) is 19.7. The highest BCUT2D eigenvalue weighted by Gasteiger charge is 2.10. The van der Waals surface area contributed by atoms with Crippen LogP contribution in [-0.2, 0) is 17.7 Å². The number of nitrogens with one attached hydrogen (secondary N) is 2. The summed E-state index contributed by atoms with van der Waals surface area (Å²) in [4.78, 5) is 7.14. The number of methoxy groups -OCH3 is 1. The van der Waals surface area contributed by atoms with Crippen LogP contribution in [0.4, 0.5) is 0 Å². The van der Waals surface area contributed by atoms with Gasteiger partial charge in [-0.1, -0.05) is 30.3 Å². The molecule has 0 atom stereocenters. The molecule has 1 heterocycles. The van der Waals surface area contributed by atoms with Crippen molar-refractivity contribution in [2.24, 2.45) is 4.99 Å². The molecule has 1 saturated heterocycles. The summed E-state index contributed by atoms with van der Waals surface area (Å²) in [5.74, 6) is 2.59. The molecule has 2 N–H and O–H groups in total. The summed E-state index contributed by atoms with van der Waals surface area (Å²) in [6.45, 7) is 9.40. The molecule has 0 unspecified atom stereocenters. The normalized spacial score (nSPS) is 14.3. The number of halogens is 1. The molecule has 7 nitrogen and oxygen atoms in total. The van der Waals surface area contributed by atoms with Crippen molar-refractivity contribution in [2.75, 3.05) is 59.7 Å². The SMILES string of the molecule is CCNC(=NCc1ccccc1OCCN1CCOCC1)NCCc1ccc(OC)cc1.I. The minimum absolute atomic E-state index is 0. The highest BCUT2D eigenvalue weighted by molar-refractivity contribution is 14.0. The third kappa shape index (κ3) is 9.77. The number of ether oxygens (including phenoxy) is 3. The first kappa shape index (κ1) is 27.2. The predicted molar refractivity (Wildman–Crippen MR) is 144 cm³/mol. The summed E-state index contributed by atoms with van der Waals surface area (Å²) in [7, 11) is 1.68. The molecule has 2 aromatic rings. The second kappa shape index (κ2) is 15.7. The number of rotatable bonds is 11. The molecule has 33 heavy (non-hydrogen) atoms. The lowest BCUT2D eigenvalue weighted by Crippen LogP contribution is -2.38. The van der Waals surface area contributed by atoms with Crippen molar-refractivity contribution < 1.29 is 14.2 Å². The van der Waals surface area contributed by atoms with Gasteiger partial charge in [0.05, 0.1) is 26.9 Å². The first-order valence-electron chi connectivity index (χ1n) is 11.4. The molecule has 0 spiro atoms. The summed E-state index contributed by atoms with van der Waals surface area (Å²) >= 11 is 0. The smallest absolute Gasteiger partial charge is 0.191 e. The van der Waals surface area contributed by atoms with E-state index in [1.807, 2.05) is 30.3 Å². The number of guanidine groups is 1. The summed E-state index contributed by atoms with van der Waals surface area (Å²) < 4.78 is 16.7. The van der Waals surface area contributed by atoms with Gasteiger partial charge >= 0.3 is 0 Å². The van der Waals surface area contributed by atoms with E-state index >= 15 is 0 Å². The molecule has 0 radical (unpaired) electrons. The van der Waals surface area contributed by atoms with E-state index < -0.39 is 0 Å². The largest absolute Gasteiger partial charge is 0.497 e. The van der Waals surface area contributed by atoms with Crippen LogP contribution in [0.2, 0.25) is 0 Å². The topological polar surface area (TPSA) is 67.4 Å². The fourth-order valence-corrected chi connectivity index (χ4v) is 3.51. The summed E-state index contributed by atoms with van der Waals surface area (Å²) in [5.41, 5.74) is 2.34. The van der Waals surface area contributed by atoms with Crippen molar-refractivity contribution in [3.63, 3.8) is 0 Å². The molecule has 3 rings (SSSR count). The van der Waals surface area contributed by atoms with E-state index in [4.69, 9.17) is 19.2 Å². The molecule has 182 valence electrons. The first-order valence-corrected chi connectivity index (χ1v) is 11.4. The Balaban J connectivity index is 0.00000385. The molecule has 1 fully saturated rings. The van der Waals surface area contributed by atoms with Gasteiger partial charge in [-0.05, 0) is 37.1 Å². The van der Waals surface area contributed by atoms with E-state index in [2.05, 4.69) is 40.7 Å². The van der Waals surface area contributed by atoms with E-state index in [0.717, 1.165) is 75.4 Å². The monoisotopic (exact) mass is 568 g/mol. The number of para-hydroxylation sites is 1. The number of benzene rings is 2. The van der Waals surface area contributed by atoms with Crippen molar-refractivity contribution in [2.45, 2.75) is 19.9 Å². The molecule has 1 aliphatic heterocycles. The van der Waals surface area contributed by atoms with Crippen LogP contribution in [0.5, 0.6) is 11.5 Å². The van der Waals surface area contributed by atoms with Gasteiger partial charge in [0, 0.05) is 38.3 Å². The zero-order valence-corrected chi connectivity index (χ0v) is 22.0. The minimum atomic E-state index is 0. The molecule has 2 aromatic carbocycles. The third-order valence-electron chi connectivity index (χ3n) is 5.36. The molecule has 0 aromatic heterocycles. The molecular weight excluding hydrogens is 531 g/mol. The quantitative estimate of drug-likeness (QED) is 0.247. The minimum Gasteiger partial charge on any atom is -0.497 e. The third-order valence-corrected chi connectivity index (χ3v) is 5.36. The molecule has 0 amide bonds. The van der Waals surface area contributed by atoms with Gasteiger partial charge in [0.2, 0.25) is 0 Å². The van der Waals surface area contributed by atoms with Gasteiger partial charge < -0.3 is 24.8 Å². The van der Waals surface area contributed by atoms with Gasteiger partial charge in [-0.2, -0.15) is 0 Å². The van der Waals surface area contributed by atoms with Crippen LogP contribution < -0.4 is 20.1 Å². The Kier molecular flexibility index (Phi) is 13.0. The van der Waals surface area contributed by atoms with E-state index in [1.165, 1.54) is 5.56 Å². The van der Waals surface area contributed by atoms with Crippen molar-refractivity contribution in [1.29, 1.82) is 0 Å². The fourth-order valence-electron chi connectivity index (χ4n) is 3.51. The highest BCUT2D eigenvalue weighted by atomic mass is 127. The van der Waals surface area contributed by atoms with Crippen LogP contribution in [0.15, 0.2) is 53.5 Å². The van der Waals surface area contributed by atoms with Gasteiger partial charge in [0.15, 0.2) is 5.96 Å². The number of hydrogen-bond acceptors (Lipinski definition) is 5. The maximum Gasteiger partial charge on any atom is 0.191 e. The van der Waals surface area contributed by atoms with Crippen LogP contribution in [-0.4, -0.2) is 70.5 Å². The predicted octanol–water partition coefficient (Wildman–Crippen LogP) is 3.32. The Morgan fingerprint density at radius 2 is 1.82 bits per heavy atom. The van der Waals surface area contributed by atoms with Gasteiger partial charge in [0.25, 0.3) is 0 Å². The second-order valence-corrected chi connectivity index (χ2v) is 7.63. The number of hydrogen-bond donors (Lipinski definition) is 2. The van der Waals surface area contributed by atoms with E-state index in [-0.39, 0.29) is 24.0 Å². The Labute approximate surface area is 214 Å². The van der Waals surface area contributed by atoms with Gasteiger partial charge in [0.1, 0.15) is 18.1 Å². The molecular formula is C25H37IN4O3. The van der Waals surface area contributed by atoms with Crippen LogP contribution in [0.25, 0.3) is 0 Å². The van der Waals surface area contributed by atoms with E-state index in [9.17, 15) is 0 Å². The average molecular weight is 569 g/mol. The Morgan fingerprint density at radius 1 is 1.06 bits per heavy atom. The lowest BCUT2D eigenvalue weighted by Gasteiger charge is -2.26. The van der Waals surface area contributed by atoms with Crippen molar-refractivity contribution in [1.82, 2.24) is 15.5 Å². The van der Waals surface area contributed by atoms with Crippen LogP contribution in [0.1, 0.15) is 18.1 Å². The molecule has 1 aliphatic rings. The molecule has 0 saturated carbocycles. The lowest BCUT2D eigenvalue weighted by atomic mass is 10.1. The van der Waals surface area contributed by atoms with Gasteiger partial charge in [-0.3, -0.25) is 4.90 Å².